The summed E-state index contributed by atoms with van der Waals surface area (Å²) in [4.78, 5) is 24.4. The van der Waals surface area contributed by atoms with Crippen LogP contribution in [-0.2, 0) is 13.6 Å². The minimum Gasteiger partial charge on any atom is -0.457 e. The van der Waals surface area contributed by atoms with Gasteiger partial charge in [-0.05, 0) is 42.0 Å². The van der Waals surface area contributed by atoms with Crippen LogP contribution in [0.1, 0.15) is 5.56 Å². The van der Waals surface area contributed by atoms with Crippen LogP contribution in [0.3, 0.4) is 0 Å². The highest BCUT2D eigenvalue weighted by Gasteiger charge is 2.16. The van der Waals surface area contributed by atoms with Gasteiger partial charge in [0.15, 0.2) is 11.2 Å². The van der Waals surface area contributed by atoms with Crippen LogP contribution in [-0.4, -0.2) is 24.1 Å². The normalized spacial score (nSPS) is 11.1. The van der Waals surface area contributed by atoms with Crippen molar-refractivity contribution in [1.82, 2.24) is 24.1 Å². The predicted octanol–water partition coefficient (Wildman–Crippen LogP) is 5.04. The van der Waals surface area contributed by atoms with E-state index in [4.69, 9.17) is 16.3 Å². The largest absolute Gasteiger partial charge is 0.457 e. The second-order valence-electron chi connectivity index (χ2n) is 7.68. The fraction of sp³-hybridized carbons (Fsp3) is 0.0833. The molecule has 2 aromatic carbocycles. The molecule has 3 heterocycles. The van der Waals surface area contributed by atoms with Gasteiger partial charge < -0.3 is 14.6 Å². The summed E-state index contributed by atoms with van der Waals surface area (Å²) < 4.78 is 35.5. The van der Waals surface area contributed by atoms with Gasteiger partial charge in [0.05, 0.1) is 12.9 Å². The van der Waals surface area contributed by atoms with E-state index >= 15 is 0 Å². The molecule has 35 heavy (non-hydrogen) atoms. The van der Waals surface area contributed by atoms with Crippen molar-refractivity contribution in [3.05, 3.63) is 99.8 Å². The molecular weight excluding hydrogens is 478 g/mol. The summed E-state index contributed by atoms with van der Waals surface area (Å²) in [6, 6.07) is 15.9. The van der Waals surface area contributed by atoms with Gasteiger partial charge in [-0.1, -0.05) is 23.7 Å². The Bertz CT molecular complexity index is 1560. The van der Waals surface area contributed by atoms with Crippen LogP contribution in [0.4, 0.5) is 20.4 Å². The topological polar surface area (TPSA) is 86.9 Å². The average molecular weight is 495 g/mol. The predicted molar refractivity (Wildman–Crippen MR) is 127 cm³/mol. The van der Waals surface area contributed by atoms with Gasteiger partial charge in [-0.25, -0.2) is 4.98 Å². The minimum absolute atomic E-state index is 0.0187. The number of aromatic nitrogens is 5. The Hall–Kier alpha value is -4.31. The van der Waals surface area contributed by atoms with Gasteiger partial charge in [0.1, 0.15) is 11.5 Å². The average Bonchev–Trinajstić information content (AvgIpc) is 3.20. The number of anilines is 2. The van der Waals surface area contributed by atoms with Crippen molar-refractivity contribution in [1.29, 1.82) is 0 Å². The third-order valence-electron chi connectivity index (χ3n) is 5.18. The first-order valence-corrected chi connectivity index (χ1v) is 10.8. The maximum absolute atomic E-state index is 13.3. The molecule has 0 atom stereocenters. The molecule has 5 rings (SSSR count). The van der Waals surface area contributed by atoms with E-state index in [1.807, 2.05) is 12.1 Å². The number of nitrogens with zero attached hydrogens (tertiary/aromatic N) is 5. The van der Waals surface area contributed by atoms with Crippen molar-refractivity contribution in [2.75, 3.05) is 5.32 Å². The molecule has 0 radical (unpaired) electrons. The highest BCUT2D eigenvalue weighted by molar-refractivity contribution is 6.30. The van der Waals surface area contributed by atoms with E-state index in [0.29, 0.717) is 40.1 Å². The van der Waals surface area contributed by atoms with Crippen LogP contribution in [0, 0.1) is 11.9 Å². The van der Waals surface area contributed by atoms with Crippen LogP contribution in [0.15, 0.2) is 71.8 Å². The highest BCUT2D eigenvalue weighted by atomic mass is 35.5. The quantitative estimate of drug-likeness (QED) is 0.333. The second kappa shape index (κ2) is 9.15. The Kier molecular flexibility index (Phi) is 5.87. The summed E-state index contributed by atoms with van der Waals surface area (Å²) in [5, 5.41) is 3.76. The SMILES string of the molecule is Cn1cnc2c1c(=O)nc(Nc1ccc(Oc3cc(F)nc(F)c3)cc1)n2Cc1ccc(Cl)cc1. The first-order valence-electron chi connectivity index (χ1n) is 10.4. The molecule has 0 amide bonds. The van der Waals surface area contributed by atoms with Gasteiger partial charge in [0, 0.05) is 29.9 Å². The maximum Gasteiger partial charge on any atom is 0.300 e. The number of imidazole rings is 1. The van der Waals surface area contributed by atoms with Crippen molar-refractivity contribution in [3.8, 4) is 11.5 Å². The zero-order valence-corrected chi connectivity index (χ0v) is 19.0. The number of halogens is 3. The fourth-order valence-corrected chi connectivity index (χ4v) is 3.69. The van der Waals surface area contributed by atoms with Crippen LogP contribution in [0.25, 0.3) is 11.2 Å². The van der Waals surface area contributed by atoms with Gasteiger partial charge in [-0.15, -0.1) is 0 Å². The van der Waals surface area contributed by atoms with E-state index in [2.05, 4.69) is 20.3 Å². The Morgan fingerprint density at radius 2 is 1.66 bits per heavy atom. The lowest BCUT2D eigenvalue weighted by Crippen LogP contribution is -2.19. The first kappa shape index (κ1) is 22.5. The van der Waals surface area contributed by atoms with Gasteiger partial charge >= 0.3 is 5.56 Å². The third kappa shape index (κ3) is 4.82. The summed E-state index contributed by atoms with van der Waals surface area (Å²) in [6.07, 6.45) is 1.56. The molecule has 1 N–H and O–H groups in total. The Labute approximate surface area is 202 Å². The Morgan fingerprint density at radius 1 is 0.971 bits per heavy atom. The number of nitrogens with one attached hydrogen (secondary N) is 1. The van der Waals surface area contributed by atoms with Crippen molar-refractivity contribution in [3.63, 3.8) is 0 Å². The molecule has 0 saturated carbocycles. The number of benzene rings is 2. The molecule has 3 aromatic heterocycles. The standard InChI is InChI=1S/C24H17ClF2N6O2/c1-32-13-28-22-21(32)23(34)31-24(33(22)12-14-2-4-15(25)5-3-14)29-16-6-8-17(9-7-16)35-18-10-19(26)30-20(27)11-18/h2-11,13H,12H2,1H3,(H,29,31,34). The van der Waals surface area contributed by atoms with Gasteiger partial charge in [-0.2, -0.15) is 18.7 Å². The molecule has 0 aliphatic carbocycles. The van der Waals surface area contributed by atoms with E-state index in [1.54, 1.807) is 58.9 Å². The molecule has 176 valence electrons. The minimum atomic E-state index is -0.979. The van der Waals surface area contributed by atoms with Crippen LogP contribution in [0.5, 0.6) is 11.5 Å². The lowest BCUT2D eigenvalue weighted by atomic mass is 10.2. The fourth-order valence-electron chi connectivity index (χ4n) is 3.56. The number of fused-ring (bicyclic) bond motifs is 1. The van der Waals surface area contributed by atoms with Gasteiger partial charge in [-0.3, -0.25) is 9.36 Å². The molecule has 0 aliphatic rings. The molecule has 0 unspecified atom stereocenters. The number of ether oxygens (including phenoxy) is 1. The number of hydrogen-bond acceptors (Lipinski definition) is 6. The number of aryl methyl sites for hydroxylation is 1. The van der Waals surface area contributed by atoms with E-state index < -0.39 is 17.5 Å². The van der Waals surface area contributed by atoms with E-state index in [-0.39, 0.29) is 5.75 Å². The number of pyridine rings is 1. The Balaban J connectivity index is 1.46. The molecule has 0 bridgehead atoms. The zero-order chi connectivity index (χ0) is 24.5. The summed E-state index contributed by atoms with van der Waals surface area (Å²) in [6.45, 7) is 0.390. The highest BCUT2D eigenvalue weighted by Crippen LogP contribution is 2.26. The van der Waals surface area contributed by atoms with E-state index in [1.165, 1.54) is 0 Å². The summed E-state index contributed by atoms with van der Waals surface area (Å²) in [7, 11) is 1.73. The summed E-state index contributed by atoms with van der Waals surface area (Å²) in [5.41, 5.74) is 1.99. The lowest BCUT2D eigenvalue weighted by Gasteiger charge is -2.15. The van der Waals surface area contributed by atoms with Crippen LogP contribution >= 0.6 is 11.6 Å². The van der Waals surface area contributed by atoms with Crippen molar-refractivity contribution in [2.45, 2.75) is 6.54 Å². The van der Waals surface area contributed by atoms with Crippen LogP contribution < -0.4 is 15.6 Å². The molecule has 5 aromatic rings. The second-order valence-corrected chi connectivity index (χ2v) is 8.12. The van der Waals surface area contributed by atoms with E-state index in [9.17, 15) is 13.6 Å². The summed E-state index contributed by atoms with van der Waals surface area (Å²) in [5.74, 6) is -1.33. The van der Waals surface area contributed by atoms with Crippen molar-refractivity contribution < 1.29 is 13.5 Å². The summed E-state index contributed by atoms with van der Waals surface area (Å²) >= 11 is 6.01. The lowest BCUT2D eigenvalue weighted by molar-refractivity contribution is 0.451. The molecule has 0 fully saturated rings. The van der Waals surface area contributed by atoms with Gasteiger partial charge in [0.2, 0.25) is 17.8 Å². The first-order chi connectivity index (χ1) is 16.9. The zero-order valence-electron chi connectivity index (χ0n) is 18.2. The molecule has 0 saturated heterocycles. The molecule has 0 aliphatic heterocycles. The molecule has 11 heteroatoms. The number of hydrogen-bond donors (Lipinski definition) is 1. The molecule has 0 spiro atoms. The van der Waals surface area contributed by atoms with Crippen molar-refractivity contribution in [2.24, 2.45) is 7.05 Å². The molecular formula is C24H17ClF2N6O2. The smallest absolute Gasteiger partial charge is 0.300 e. The van der Waals surface area contributed by atoms with Crippen LogP contribution in [0.2, 0.25) is 5.02 Å². The van der Waals surface area contributed by atoms with E-state index in [0.717, 1.165) is 17.7 Å². The maximum atomic E-state index is 13.3. The number of rotatable bonds is 6. The van der Waals surface area contributed by atoms with Gasteiger partial charge in [0.25, 0.3) is 0 Å². The third-order valence-corrected chi connectivity index (χ3v) is 5.43. The molecule has 8 nitrogen and oxygen atoms in total. The monoisotopic (exact) mass is 494 g/mol. The Morgan fingerprint density at radius 3 is 2.34 bits per heavy atom. The van der Waals surface area contributed by atoms with Crippen molar-refractivity contribution >= 4 is 34.4 Å².